The van der Waals surface area contributed by atoms with Crippen molar-refractivity contribution < 1.29 is 22.7 Å². The van der Waals surface area contributed by atoms with E-state index < -0.39 is 27.9 Å². The van der Waals surface area contributed by atoms with Crippen molar-refractivity contribution in [3.05, 3.63) is 28.8 Å². The molecule has 122 valence electrons. The number of sulfonamides is 1. The van der Waals surface area contributed by atoms with E-state index in [1.807, 2.05) is 0 Å². The highest BCUT2D eigenvalue weighted by atomic mass is 32.2. The molecule has 0 radical (unpaired) electrons. The van der Waals surface area contributed by atoms with Crippen molar-refractivity contribution in [1.82, 2.24) is 10.0 Å². The minimum atomic E-state index is -3.68. The van der Waals surface area contributed by atoms with Gasteiger partial charge in [0.2, 0.25) is 10.0 Å². The number of rotatable bonds is 5. The predicted molar refractivity (Wildman–Crippen MR) is 81.1 cm³/mol. The van der Waals surface area contributed by atoms with Crippen LogP contribution in [0.15, 0.2) is 17.0 Å². The third-order valence-electron chi connectivity index (χ3n) is 3.34. The molecule has 1 amide bonds. The van der Waals surface area contributed by atoms with Crippen molar-refractivity contribution in [3.63, 3.8) is 0 Å². The molecule has 8 heteroatoms. The quantitative estimate of drug-likeness (QED) is 0.767. The van der Waals surface area contributed by atoms with Crippen LogP contribution in [0, 0.1) is 13.8 Å². The largest absolute Gasteiger partial charge is 0.467 e. The van der Waals surface area contributed by atoms with Crippen molar-refractivity contribution >= 4 is 21.9 Å². The van der Waals surface area contributed by atoms with Crippen LogP contribution < -0.4 is 10.0 Å². The van der Waals surface area contributed by atoms with Gasteiger partial charge in [-0.05, 0) is 51.1 Å². The number of nitrogens with one attached hydrogen (secondary N) is 2. The molecule has 0 saturated heterocycles. The lowest BCUT2D eigenvalue weighted by Crippen LogP contribution is -2.39. The van der Waals surface area contributed by atoms with Crippen molar-refractivity contribution in [2.45, 2.75) is 31.7 Å². The van der Waals surface area contributed by atoms with Gasteiger partial charge in [0.1, 0.15) is 6.04 Å². The van der Waals surface area contributed by atoms with E-state index in [1.54, 1.807) is 19.9 Å². The van der Waals surface area contributed by atoms with E-state index in [4.69, 9.17) is 0 Å². The molecule has 1 aromatic carbocycles. The summed E-state index contributed by atoms with van der Waals surface area (Å²) >= 11 is 0. The lowest BCUT2D eigenvalue weighted by Gasteiger charge is -2.14. The molecule has 0 bridgehead atoms. The summed E-state index contributed by atoms with van der Waals surface area (Å²) in [5, 5.41) is 2.46. The molecule has 0 saturated carbocycles. The smallest absolute Gasteiger partial charge is 0.328 e. The fraction of sp³-hybridized carbons (Fsp3) is 0.429. The number of esters is 1. The molecule has 0 spiro atoms. The Hall–Kier alpha value is -1.93. The van der Waals surface area contributed by atoms with Gasteiger partial charge in [-0.2, -0.15) is 0 Å². The van der Waals surface area contributed by atoms with Crippen molar-refractivity contribution in [1.29, 1.82) is 0 Å². The molecule has 1 unspecified atom stereocenters. The number of hydrogen-bond donors (Lipinski definition) is 2. The van der Waals surface area contributed by atoms with Crippen LogP contribution in [0.25, 0.3) is 0 Å². The van der Waals surface area contributed by atoms with Gasteiger partial charge in [0, 0.05) is 5.56 Å². The van der Waals surface area contributed by atoms with Crippen LogP contribution in [0.2, 0.25) is 0 Å². The third kappa shape index (κ3) is 3.83. The number of amides is 1. The molecule has 0 aliphatic carbocycles. The predicted octanol–water partition coefficient (Wildman–Crippen LogP) is 0.503. The van der Waals surface area contributed by atoms with Crippen LogP contribution in [-0.4, -0.2) is 40.5 Å². The first-order valence-electron chi connectivity index (χ1n) is 6.57. The minimum Gasteiger partial charge on any atom is -0.467 e. The van der Waals surface area contributed by atoms with Crippen molar-refractivity contribution in [3.8, 4) is 0 Å². The van der Waals surface area contributed by atoms with E-state index in [9.17, 15) is 18.0 Å². The summed E-state index contributed by atoms with van der Waals surface area (Å²) in [6.45, 7) is 4.86. The van der Waals surface area contributed by atoms with Crippen LogP contribution in [0.4, 0.5) is 0 Å². The molecule has 1 aromatic rings. The van der Waals surface area contributed by atoms with Gasteiger partial charge in [-0.3, -0.25) is 4.79 Å². The lowest BCUT2D eigenvalue weighted by molar-refractivity contribution is -0.142. The second kappa shape index (κ2) is 6.89. The van der Waals surface area contributed by atoms with Crippen LogP contribution in [0.5, 0.6) is 0 Å². The molecule has 1 atom stereocenters. The Kier molecular flexibility index (Phi) is 5.67. The Balaban J connectivity index is 3.22. The third-order valence-corrected chi connectivity index (χ3v) is 4.88. The van der Waals surface area contributed by atoms with Gasteiger partial charge in [0.25, 0.3) is 5.91 Å². The fourth-order valence-electron chi connectivity index (χ4n) is 1.86. The normalized spacial score (nSPS) is 12.6. The summed E-state index contributed by atoms with van der Waals surface area (Å²) in [5.74, 6) is -1.13. The van der Waals surface area contributed by atoms with Crippen molar-refractivity contribution in [2.75, 3.05) is 14.2 Å². The summed E-state index contributed by atoms with van der Waals surface area (Å²) in [5.41, 5.74) is 1.38. The molecule has 22 heavy (non-hydrogen) atoms. The molecule has 0 aliphatic rings. The van der Waals surface area contributed by atoms with Gasteiger partial charge in [-0.15, -0.1) is 0 Å². The second-order valence-corrected chi connectivity index (χ2v) is 6.70. The second-order valence-electron chi connectivity index (χ2n) is 4.84. The van der Waals surface area contributed by atoms with E-state index in [-0.39, 0.29) is 10.5 Å². The average molecular weight is 328 g/mol. The number of hydrogen-bond acceptors (Lipinski definition) is 5. The van der Waals surface area contributed by atoms with Crippen LogP contribution in [-0.2, 0) is 19.6 Å². The number of ether oxygens (including phenoxy) is 1. The lowest BCUT2D eigenvalue weighted by atomic mass is 10.1. The van der Waals surface area contributed by atoms with Crippen LogP contribution >= 0.6 is 0 Å². The molecule has 0 heterocycles. The number of benzene rings is 1. The highest BCUT2D eigenvalue weighted by molar-refractivity contribution is 7.89. The fourth-order valence-corrected chi connectivity index (χ4v) is 2.93. The highest BCUT2D eigenvalue weighted by Gasteiger charge is 2.21. The molecule has 0 aromatic heterocycles. The summed E-state index contributed by atoms with van der Waals surface area (Å²) in [6.07, 6.45) is 0. The van der Waals surface area contributed by atoms with Crippen LogP contribution in [0.1, 0.15) is 28.4 Å². The van der Waals surface area contributed by atoms with Gasteiger partial charge in [0.05, 0.1) is 12.0 Å². The van der Waals surface area contributed by atoms with Crippen LogP contribution in [0.3, 0.4) is 0 Å². The topological polar surface area (TPSA) is 102 Å². The molecule has 7 nitrogen and oxygen atoms in total. The zero-order chi connectivity index (χ0) is 17.1. The monoisotopic (exact) mass is 328 g/mol. The van der Waals surface area contributed by atoms with Gasteiger partial charge < -0.3 is 10.1 Å². The maximum Gasteiger partial charge on any atom is 0.328 e. The molecule has 0 fully saturated rings. The zero-order valence-electron chi connectivity index (χ0n) is 13.2. The molecular weight excluding hydrogens is 308 g/mol. The Labute approximate surface area is 130 Å². The first kappa shape index (κ1) is 18.1. The van der Waals surface area contributed by atoms with Gasteiger partial charge in [0.15, 0.2) is 0 Å². The molecule has 0 aliphatic heterocycles. The summed E-state index contributed by atoms with van der Waals surface area (Å²) < 4.78 is 30.8. The maximum absolute atomic E-state index is 12.2. The first-order chi connectivity index (χ1) is 10.1. The SMILES string of the molecule is CNS(=O)(=O)c1cc(C(=O)NC(C)C(=O)OC)cc(C)c1C. The summed E-state index contributed by atoms with van der Waals surface area (Å²) in [7, 11) is -1.16. The van der Waals surface area contributed by atoms with Gasteiger partial charge in [-0.1, -0.05) is 0 Å². The Morgan fingerprint density at radius 2 is 1.82 bits per heavy atom. The zero-order valence-corrected chi connectivity index (χ0v) is 14.0. The Morgan fingerprint density at radius 3 is 2.32 bits per heavy atom. The average Bonchev–Trinajstić information content (AvgIpc) is 2.48. The highest BCUT2D eigenvalue weighted by Crippen LogP contribution is 2.21. The Bertz CT molecular complexity index is 697. The molecule has 1 rings (SSSR count). The van der Waals surface area contributed by atoms with Crippen molar-refractivity contribution in [2.24, 2.45) is 0 Å². The van der Waals surface area contributed by atoms with Gasteiger partial charge in [-0.25, -0.2) is 17.9 Å². The van der Waals surface area contributed by atoms with E-state index in [0.29, 0.717) is 11.1 Å². The number of carbonyl (C=O) groups excluding carboxylic acids is 2. The van der Waals surface area contributed by atoms with E-state index in [0.717, 1.165) is 0 Å². The molecular formula is C14H20N2O5S. The summed E-state index contributed by atoms with van der Waals surface area (Å²) in [4.78, 5) is 23.5. The number of methoxy groups -OCH3 is 1. The van der Waals surface area contributed by atoms with E-state index >= 15 is 0 Å². The maximum atomic E-state index is 12.2. The molecule has 2 N–H and O–H groups in total. The Morgan fingerprint density at radius 1 is 1.23 bits per heavy atom. The number of aryl methyl sites for hydroxylation is 1. The summed E-state index contributed by atoms with van der Waals surface area (Å²) in [6, 6.07) is 2.03. The first-order valence-corrected chi connectivity index (χ1v) is 8.05. The minimum absolute atomic E-state index is 0.0332. The van der Waals surface area contributed by atoms with Gasteiger partial charge >= 0.3 is 5.97 Å². The van der Waals surface area contributed by atoms with E-state index in [2.05, 4.69) is 14.8 Å². The standard InChI is InChI=1S/C14H20N2O5S/c1-8-6-11(13(17)16-10(3)14(18)21-5)7-12(9(8)2)22(19,20)15-4/h6-7,10,15H,1-5H3,(H,16,17). The van der Waals surface area contributed by atoms with E-state index in [1.165, 1.54) is 27.1 Å². The number of carbonyl (C=O) groups is 2.